The summed E-state index contributed by atoms with van der Waals surface area (Å²) in [6.45, 7) is 6.37. The molecule has 0 unspecified atom stereocenters. The van der Waals surface area contributed by atoms with Gasteiger partial charge in [-0.2, -0.15) is 0 Å². The van der Waals surface area contributed by atoms with Crippen LogP contribution in [-0.4, -0.2) is 24.3 Å². The summed E-state index contributed by atoms with van der Waals surface area (Å²) in [5.74, 6) is 3.22. The number of rotatable bonds is 10. The van der Waals surface area contributed by atoms with E-state index in [9.17, 15) is 9.90 Å². The highest BCUT2D eigenvalue weighted by Crippen LogP contribution is 2.44. The van der Waals surface area contributed by atoms with Gasteiger partial charge in [-0.3, -0.25) is 0 Å². The predicted octanol–water partition coefficient (Wildman–Crippen LogP) is 7.65. The van der Waals surface area contributed by atoms with Gasteiger partial charge in [0.15, 0.2) is 0 Å². The zero-order valence-electron chi connectivity index (χ0n) is 22.1. The number of ether oxygens (including phenoxy) is 1. The molecule has 2 aromatic rings. The van der Waals surface area contributed by atoms with E-state index in [0.717, 1.165) is 36.2 Å². The van der Waals surface area contributed by atoms with Crippen LogP contribution in [0.5, 0.6) is 0 Å². The molecule has 3 heteroatoms. The first-order valence-corrected chi connectivity index (χ1v) is 14.2. The molecule has 3 nitrogen and oxygen atoms in total. The second-order valence-corrected chi connectivity index (χ2v) is 11.2. The molecule has 2 aliphatic rings. The van der Waals surface area contributed by atoms with Crippen molar-refractivity contribution in [1.82, 2.24) is 0 Å². The first-order chi connectivity index (χ1) is 17.6. The number of hydrogen-bond acceptors (Lipinski definition) is 3. The maximum absolute atomic E-state index is 11.3. The van der Waals surface area contributed by atoms with Gasteiger partial charge in [-0.15, -0.1) is 0 Å². The van der Waals surface area contributed by atoms with E-state index in [0.29, 0.717) is 18.9 Å². The molecule has 0 amide bonds. The van der Waals surface area contributed by atoms with Crippen LogP contribution in [0, 0.1) is 17.8 Å². The molecule has 194 valence electrons. The number of aliphatic hydroxyl groups excluding tert-OH is 1. The molecule has 0 aromatic heterocycles. The number of benzene rings is 2. The second-order valence-electron chi connectivity index (χ2n) is 11.2. The van der Waals surface area contributed by atoms with E-state index in [1.807, 2.05) is 0 Å². The lowest BCUT2D eigenvalue weighted by Crippen LogP contribution is -2.24. The molecule has 2 fully saturated rings. The average Bonchev–Trinajstić information content (AvgIpc) is 2.92. The third-order valence-electron chi connectivity index (χ3n) is 8.80. The highest BCUT2D eigenvalue weighted by atomic mass is 16.5. The quantitative estimate of drug-likeness (QED) is 0.212. The Morgan fingerprint density at radius 3 is 2.17 bits per heavy atom. The van der Waals surface area contributed by atoms with Gasteiger partial charge in [-0.05, 0) is 109 Å². The first kappa shape index (κ1) is 26.7. The lowest BCUT2D eigenvalue weighted by molar-refractivity contribution is -0.137. The van der Waals surface area contributed by atoms with Crippen LogP contribution in [0.1, 0.15) is 87.3 Å². The topological polar surface area (TPSA) is 46.5 Å². The Morgan fingerprint density at radius 1 is 0.889 bits per heavy atom. The lowest BCUT2D eigenvalue weighted by atomic mass is 9.68. The fraction of sp³-hybridized carbons (Fsp3) is 0.545. The van der Waals surface area contributed by atoms with Gasteiger partial charge in [0, 0.05) is 12.7 Å². The third-order valence-corrected chi connectivity index (χ3v) is 8.80. The van der Waals surface area contributed by atoms with Crippen LogP contribution in [0.2, 0.25) is 0 Å². The Hall–Kier alpha value is -2.39. The van der Waals surface area contributed by atoms with Gasteiger partial charge in [-0.1, -0.05) is 68.8 Å². The Bertz CT molecular complexity index is 976. The third kappa shape index (κ3) is 7.09. The molecule has 0 radical (unpaired) electrons. The number of esters is 1. The van der Waals surface area contributed by atoms with E-state index >= 15 is 0 Å². The molecule has 0 bridgehead atoms. The number of carbonyl (C=O) groups excluding carboxylic acids is 1. The van der Waals surface area contributed by atoms with Crippen LogP contribution < -0.4 is 0 Å². The first-order valence-electron chi connectivity index (χ1n) is 14.2. The molecule has 36 heavy (non-hydrogen) atoms. The van der Waals surface area contributed by atoms with E-state index in [-0.39, 0.29) is 12.6 Å². The second kappa shape index (κ2) is 13.2. The summed E-state index contributed by atoms with van der Waals surface area (Å²) >= 11 is 0. The zero-order chi connectivity index (χ0) is 25.3. The molecule has 2 aromatic carbocycles. The normalized spacial score (nSPS) is 24.3. The summed E-state index contributed by atoms with van der Waals surface area (Å²) in [5, 5.41) is 9.48. The van der Waals surface area contributed by atoms with Gasteiger partial charge in [0.05, 0.1) is 6.61 Å². The minimum Gasteiger partial charge on any atom is -0.463 e. The summed E-state index contributed by atoms with van der Waals surface area (Å²) in [6, 6.07) is 15.8. The Kier molecular flexibility index (Phi) is 9.81. The Balaban J connectivity index is 1.35. The van der Waals surface area contributed by atoms with Crippen molar-refractivity contribution in [2.45, 2.75) is 83.5 Å². The molecule has 0 heterocycles. The van der Waals surface area contributed by atoms with Crippen molar-refractivity contribution in [1.29, 1.82) is 0 Å². The van der Waals surface area contributed by atoms with E-state index < -0.39 is 0 Å². The standard InChI is InChI=1S/C33H44O3/c1-3-33(35)36-22-4-5-31-23-32(19-18-30(31)20-21-34)29-16-14-28(15-17-29)27-12-10-26(11-13-27)25-8-6-24(2)7-9-25/h3,14-19,23-27,34H,1,4-13,20-22H2,2H3. The molecule has 2 aliphatic carbocycles. The summed E-state index contributed by atoms with van der Waals surface area (Å²) in [5.41, 5.74) is 6.32. The van der Waals surface area contributed by atoms with E-state index in [4.69, 9.17) is 4.74 Å². The smallest absolute Gasteiger partial charge is 0.330 e. The van der Waals surface area contributed by atoms with Gasteiger partial charge in [0.25, 0.3) is 0 Å². The summed E-state index contributed by atoms with van der Waals surface area (Å²) in [6.07, 6.45) is 14.7. The summed E-state index contributed by atoms with van der Waals surface area (Å²) in [7, 11) is 0. The molecule has 4 rings (SSSR count). The highest BCUT2D eigenvalue weighted by Gasteiger charge is 2.30. The van der Waals surface area contributed by atoms with Crippen LogP contribution in [0.15, 0.2) is 55.1 Å². The summed E-state index contributed by atoms with van der Waals surface area (Å²) < 4.78 is 5.14. The van der Waals surface area contributed by atoms with Gasteiger partial charge < -0.3 is 9.84 Å². The maximum Gasteiger partial charge on any atom is 0.330 e. The van der Waals surface area contributed by atoms with Crippen LogP contribution in [0.3, 0.4) is 0 Å². The number of aliphatic hydroxyl groups is 1. The van der Waals surface area contributed by atoms with Crippen LogP contribution in [0.4, 0.5) is 0 Å². The molecular formula is C33H44O3. The number of hydrogen-bond donors (Lipinski definition) is 1. The SMILES string of the molecule is C=CC(=O)OCCCc1cc(-c2ccc(C3CCC(C4CCC(C)CC4)CC3)cc2)ccc1CCO. The fourth-order valence-electron chi connectivity index (χ4n) is 6.53. The van der Waals surface area contributed by atoms with Crippen molar-refractivity contribution in [3.63, 3.8) is 0 Å². The molecule has 0 saturated heterocycles. The minimum absolute atomic E-state index is 0.134. The maximum atomic E-state index is 11.3. The van der Waals surface area contributed by atoms with Crippen LogP contribution in [-0.2, 0) is 22.4 Å². The van der Waals surface area contributed by atoms with Crippen molar-refractivity contribution in [3.8, 4) is 11.1 Å². The molecule has 0 aliphatic heterocycles. The van der Waals surface area contributed by atoms with Gasteiger partial charge in [0.2, 0.25) is 0 Å². The van der Waals surface area contributed by atoms with E-state index in [1.165, 1.54) is 79.7 Å². The number of aryl methyl sites for hydroxylation is 1. The number of carbonyl (C=O) groups is 1. The molecule has 0 atom stereocenters. The van der Waals surface area contributed by atoms with Gasteiger partial charge >= 0.3 is 5.97 Å². The largest absolute Gasteiger partial charge is 0.463 e. The minimum atomic E-state index is -0.378. The molecular weight excluding hydrogens is 444 g/mol. The van der Waals surface area contributed by atoms with E-state index in [1.54, 1.807) is 0 Å². The summed E-state index contributed by atoms with van der Waals surface area (Å²) in [4.78, 5) is 11.3. The Morgan fingerprint density at radius 2 is 1.53 bits per heavy atom. The zero-order valence-corrected chi connectivity index (χ0v) is 22.1. The molecule has 2 saturated carbocycles. The fourth-order valence-corrected chi connectivity index (χ4v) is 6.53. The van der Waals surface area contributed by atoms with Crippen molar-refractivity contribution < 1.29 is 14.6 Å². The predicted molar refractivity (Wildman–Crippen MR) is 148 cm³/mol. The molecule has 0 spiro atoms. The lowest BCUT2D eigenvalue weighted by Gasteiger charge is -2.37. The highest BCUT2D eigenvalue weighted by molar-refractivity contribution is 5.81. The Labute approximate surface area is 218 Å². The van der Waals surface area contributed by atoms with Crippen LogP contribution >= 0.6 is 0 Å². The van der Waals surface area contributed by atoms with Gasteiger partial charge in [-0.25, -0.2) is 4.79 Å². The van der Waals surface area contributed by atoms with Crippen molar-refractivity contribution in [3.05, 3.63) is 71.8 Å². The van der Waals surface area contributed by atoms with Crippen LogP contribution in [0.25, 0.3) is 11.1 Å². The van der Waals surface area contributed by atoms with Gasteiger partial charge in [0.1, 0.15) is 0 Å². The average molecular weight is 489 g/mol. The van der Waals surface area contributed by atoms with Crippen molar-refractivity contribution in [2.75, 3.05) is 13.2 Å². The van der Waals surface area contributed by atoms with Crippen molar-refractivity contribution >= 4 is 5.97 Å². The molecule has 1 N–H and O–H groups in total. The van der Waals surface area contributed by atoms with E-state index in [2.05, 4.69) is 56.0 Å². The van der Waals surface area contributed by atoms with Crippen molar-refractivity contribution in [2.24, 2.45) is 17.8 Å². The monoisotopic (exact) mass is 488 g/mol.